The zero-order valence-corrected chi connectivity index (χ0v) is 17.7. The summed E-state index contributed by atoms with van der Waals surface area (Å²) >= 11 is 0. The van der Waals surface area contributed by atoms with E-state index in [-0.39, 0.29) is 24.0 Å². The molecule has 0 atom stereocenters. The van der Waals surface area contributed by atoms with Gasteiger partial charge in [0.05, 0.1) is 33.1 Å². The van der Waals surface area contributed by atoms with Crippen LogP contribution in [0, 0.1) is 0 Å². The van der Waals surface area contributed by atoms with Crippen LogP contribution in [-0.2, 0) is 17.8 Å². The third-order valence-electron chi connectivity index (χ3n) is 3.52. The number of nitrogens with zero attached hydrogens (tertiary/aromatic N) is 1. The van der Waals surface area contributed by atoms with Crippen molar-refractivity contribution in [3.63, 3.8) is 0 Å². The van der Waals surface area contributed by atoms with Gasteiger partial charge in [-0.15, -0.1) is 24.0 Å². The van der Waals surface area contributed by atoms with Gasteiger partial charge >= 0.3 is 0 Å². The Morgan fingerprint density at radius 3 is 2.62 bits per heavy atom. The standard InChI is InChI=1S/C19H27N3O3.HI/c1-3-20-19(21-11-10-18-5-4-13-25-18)22-12-14-24-15-16-6-8-17(23-2)9-7-16;/h4-9,13H,3,10-12,14-15H2,1-2H3,(H2,20,21,22);1H. The van der Waals surface area contributed by atoms with Crippen LogP contribution in [0.4, 0.5) is 0 Å². The van der Waals surface area contributed by atoms with E-state index in [4.69, 9.17) is 13.9 Å². The normalized spacial score (nSPS) is 10.9. The Kier molecular flexibility index (Phi) is 11.5. The number of rotatable bonds is 10. The minimum atomic E-state index is 0. The van der Waals surface area contributed by atoms with Gasteiger partial charge < -0.3 is 24.5 Å². The molecule has 0 saturated carbocycles. The zero-order valence-electron chi connectivity index (χ0n) is 15.4. The fraction of sp³-hybridized carbons (Fsp3) is 0.421. The molecule has 0 bridgehead atoms. The fourth-order valence-electron chi connectivity index (χ4n) is 2.23. The Morgan fingerprint density at radius 1 is 1.15 bits per heavy atom. The van der Waals surface area contributed by atoms with Gasteiger partial charge in [-0.2, -0.15) is 0 Å². The number of hydrogen-bond donors (Lipinski definition) is 2. The van der Waals surface area contributed by atoms with E-state index in [1.165, 1.54) is 0 Å². The van der Waals surface area contributed by atoms with E-state index in [1.54, 1.807) is 13.4 Å². The van der Waals surface area contributed by atoms with Gasteiger partial charge in [-0.1, -0.05) is 12.1 Å². The lowest BCUT2D eigenvalue weighted by atomic mass is 10.2. The van der Waals surface area contributed by atoms with Gasteiger partial charge in [-0.3, -0.25) is 4.99 Å². The van der Waals surface area contributed by atoms with Crippen molar-refractivity contribution >= 4 is 29.9 Å². The maximum Gasteiger partial charge on any atom is 0.191 e. The first-order chi connectivity index (χ1) is 12.3. The second-order valence-corrected chi connectivity index (χ2v) is 5.42. The molecule has 144 valence electrons. The Labute approximate surface area is 172 Å². The minimum absolute atomic E-state index is 0. The van der Waals surface area contributed by atoms with Gasteiger partial charge in [-0.25, -0.2) is 0 Å². The number of guanidine groups is 1. The molecular formula is C19H28IN3O3. The molecule has 6 nitrogen and oxygen atoms in total. The van der Waals surface area contributed by atoms with E-state index in [1.807, 2.05) is 43.3 Å². The topological polar surface area (TPSA) is 68.0 Å². The summed E-state index contributed by atoms with van der Waals surface area (Å²) in [6, 6.07) is 11.7. The number of halogens is 1. The number of ether oxygens (including phenoxy) is 2. The lowest BCUT2D eigenvalue weighted by Crippen LogP contribution is -2.38. The van der Waals surface area contributed by atoms with Gasteiger partial charge in [0, 0.05) is 19.5 Å². The highest BCUT2D eigenvalue weighted by Gasteiger charge is 1.99. The van der Waals surface area contributed by atoms with Crippen molar-refractivity contribution in [3.8, 4) is 5.75 Å². The predicted octanol–water partition coefficient (Wildman–Crippen LogP) is 3.22. The van der Waals surface area contributed by atoms with Crippen molar-refractivity contribution in [1.29, 1.82) is 0 Å². The first-order valence-corrected chi connectivity index (χ1v) is 8.57. The van der Waals surface area contributed by atoms with Crippen molar-refractivity contribution in [2.75, 3.05) is 33.4 Å². The van der Waals surface area contributed by atoms with E-state index in [0.717, 1.165) is 42.5 Å². The molecule has 2 aromatic rings. The first-order valence-electron chi connectivity index (χ1n) is 8.57. The number of aliphatic imine (C=N–C) groups is 1. The quantitative estimate of drug-likeness (QED) is 0.240. The van der Waals surface area contributed by atoms with E-state index in [2.05, 4.69) is 15.6 Å². The van der Waals surface area contributed by atoms with Crippen molar-refractivity contribution in [3.05, 3.63) is 54.0 Å². The molecule has 1 aromatic heterocycles. The van der Waals surface area contributed by atoms with Crippen LogP contribution in [0.2, 0.25) is 0 Å². The Balaban J connectivity index is 0.00000338. The molecule has 0 spiro atoms. The summed E-state index contributed by atoms with van der Waals surface area (Å²) in [4.78, 5) is 4.51. The summed E-state index contributed by atoms with van der Waals surface area (Å²) in [6.07, 6.45) is 2.51. The van der Waals surface area contributed by atoms with Crippen molar-refractivity contribution < 1.29 is 13.9 Å². The number of methoxy groups -OCH3 is 1. The summed E-state index contributed by atoms with van der Waals surface area (Å²) in [5.41, 5.74) is 1.12. The van der Waals surface area contributed by atoms with Crippen molar-refractivity contribution in [1.82, 2.24) is 10.6 Å². The molecule has 2 rings (SSSR count). The summed E-state index contributed by atoms with van der Waals surface area (Å²) in [5, 5.41) is 6.51. The van der Waals surface area contributed by atoms with Gasteiger partial charge in [0.1, 0.15) is 11.5 Å². The smallest absolute Gasteiger partial charge is 0.191 e. The van der Waals surface area contributed by atoms with Crippen LogP contribution < -0.4 is 15.4 Å². The third-order valence-corrected chi connectivity index (χ3v) is 3.52. The second kappa shape index (κ2) is 13.5. The highest BCUT2D eigenvalue weighted by molar-refractivity contribution is 14.0. The van der Waals surface area contributed by atoms with E-state index in [0.29, 0.717) is 19.8 Å². The van der Waals surface area contributed by atoms with E-state index >= 15 is 0 Å². The van der Waals surface area contributed by atoms with Gasteiger partial charge in [0.15, 0.2) is 5.96 Å². The molecule has 7 heteroatoms. The Bertz CT molecular complexity index is 615. The van der Waals surface area contributed by atoms with Gasteiger partial charge in [-0.05, 0) is 36.8 Å². The summed E-state index contributed by atoms with van der Waals surface area (Å²) < 4.78 is 16.1. The average molecular weight is 473 g/mol. The number of furan rings is 1. The zero-order chi connectivity index (χ0) is 17.7. The van der Waals surface area contributed by atoms with Crippen LogP contribution in [0.15, 0.2) is 52.1 Å². The molecule has 2 N–H and O–H groups in total. The molecule has 0 aliphatic heterocycles. The van der Waals surface area contributed by atoms with Crippen LogP contribution in [0.1, 0.15) is 18.2 Å². The van der Waals surface area contributed by atoms with E-state index < -0.39 is 0 Å². The third kappa shape index (κ3) is 8.57. The lowest BCUT2D eigenvalue weighted by Gasteiger charge is -2.10. The molecule has 1 aromatic carbocycles. The molecule has 0 aliphatic carbocycles. The maximum atomic E-state index is 5.67. The summed E-state index contributed by atoms with van der Waals surface area (Å²) in [6.45, 7) is 5.38. The number of hydrogen-bond acceptors (Lipinski definition) is 4. The number of nitrogens with one attached hydrogen (secondary N) is 2. The molecule has 0 aliphatic rings. The van der Waals surface area contributed by atoms with Crippen LogP contribution in [0.3, 0.4) is 0 Å². The highest BCUT2D eigenvalue weighted by atomic mass is 127. The van der Waals surface area contributed by atoms with Gasteiger partial charge in [0.2, 0.25) is 0 Å². The van der Waals surface area contributed by atoms with Crippen LogP contribution in [-0.4, -0.2) is 39.3 Å². The molecule has 26 heavy (non-hydrogen) atoms. The van der Waals surface area contributed by atoms with Gasteiger partial charge in [0.25, 0.3) is 0 Å². The molecule has 0 amide bonds. The molecule has 0 saturated heterocycles. The van der Waals surface area contributed by atoms with Crippen LogP contribution in [0.5, 0.6) is 5.75 Å². The first kappa shape index (κ1) is 22.3. The van der Waals surface area contributed by atoms with Crippen LogP contribution in [0.25, 0.3) is 0 Å². The second-order valence-electron chi connectivity index (χ2n) is 5.42. The van der Waals surface area contributed by atoms with Crippen molar-refractivity contribution in [2.45, 2.75) is 20.0 Å². The molecule has 0 fully saturated rings. The highest BCUT2D eigenvalue weighted by Crippen LogP contribution is 2.11. The molecule has 0 unspecified atom stereocenters. The summed E-state index contributed by atoms with van der Waals surface area (Å²) in [7, 11) is 1.66. The monoisotopic (exact) mass is 473 g/mol. The predicted molar refractivity (Wildman–Crippen MR) is 114 cm³/mol. The van der Waals surface area contributed by atoms with E-state index in [9.17, 15) is 0 Å². The largest absolute Gasteiger partial charge is 0.497 e. The fourth-order valence-corrected chi connectivity index (χ4v) is 2.23. The van der Waals surface area contributed by atoms with Crippen LogP contribution >= 0.6 is 24.0 Å². The molecule has 1 heterocycles. The Morgan fingerprint density at radius 2 is 1.96 bits per heavy atom. The Hall–Kier alpha value is -1.74. The number of benzene rings is 1. The van der Waals surface area contributed by atoms with Crippen molar-refractivity contribution in [2.24, 2.45) is 4.99 Å². The lowest BCUT2D eigenvalue weighted by molar-refractivity contribution is 0.128. The average Bonchev–Trinajstić information content (AvgIpc) is 3.15. The molecular weight excluding hydrogens is 445 g/mol. The minimum Gasteiger partial charge on any atom is -0.497 e. The summed E-state index contributed by atoms with van der Waals surface area (Å²) in [5.74, 6) is 2.61. The maximum absolute atomic E-state index is 5.67. The SMILES string of the molecule is CCNC(=NCCOCc1ccc(OC)cc1)NCCc1ccco1.I. The molecule has 0 radical (unpaired) electrons.